The molecule has 3 aliphatic heterocycles. The van der Waals surface area contributed by atoms with Crippen molar-refractivity contribution in [3.05, 3.63) is 41.2 Å². The fourth-order valence-electron chi connectivity index (χ4n) is 4.51. The van der Waals surface area contributed by atoms with E-state index in [1.165, 1.54) is 56.6 Å². The van der Waals surface area contributed by atoms with E-state index in [-0.39, 0.29) is 10.7 Å². The lowest BCUT2D eigenvalue weighted by molar-refractivity contribution is 0.115. The van der Waals surface area contributed by atoms with Gasteiger partial charge in [0.15, 0.2) is 0 Å². The van der Waals surface area contributed by atoms with Crippen LogP contribution in [0.25, 0.3) is 4.91 Å². The molecule has 7 heteroatoms. The number of likely N-dealkylation sites (tertiary alicyclic amines) is 2. The van der Waals surface area contributed by atoms with E-state index in [2.05, 4.69) is 14.2 Å². The van der Waals surface area contributed by atoms with Gasteiger partial charge in [-0.3, -0.25) is 0 Å². The Kier molecular flexibility index (Phi) is 5.07. The van der Waals surface area contributed by atoms with Crippen LogP contribution < -0.4 is 0 Å². The number of benzene rings is 1. The summed E-state index contributed by atoms with van der Waals surface area (Å²) in [5.41, 5.74) is 1.16. The van der Waals surface area contributed by atoms with Crippen LogP contribution >= 0.6 is 0 Å². The Morgan fingerprint density at radius 1 is 1.00 bits per heavy atom. The summed E-state index contributed by atoms with van der Waals surface area (Å²) < 4.78 is 42.6. The van der Waals surface area contributed by atoms with Gasteiger partial charge in [0, 0.05) is 24.7 Å². The number of hydrogen-bond donors (Lipinski definition) is 0. The standard InChI is InChI=1S/C20H26FN3O2S/c1-15-19(16-5-7-17(21)8-6-16)27(25,26)22-20(15)24-13-9-18(10-14-24)23-11-3-2-4-12-23/h5-8,18H,2-4,9-14H2,1H3. The first-order valence-electron chi connectivity index (χ1n) is 9.77. The molecule has 0 saturated carbocycles. The van der Waals surface area contributed by atoms with E-state index in [9.17, 15) is 12.8 Å². The summed E-state index contributed by atoms with van der Waals surface area (Å²) >= 11 is 0. The van der Waals surface area contributed by atoms with E-state index in [1.54, 1.807) is 6.92 Å². The lowest BCUT2D eigenvalue weighted by atomic mass is 9.99. The molecule has 27 heavy (non-hydrogen) atoms. The molecular formula is C20H26FN3O2S. The van der Waals surface area contributed by atoms with Crippen molar-refractivity contribution in [2.45, 2.75) is 45.1 Å². The molecule has 5 nitrogen and oxygen atoms in total. The van der Waals surface area contributed by atoms with E-state index in [0.717, 1.165) is 25.9 Å². The van der Waals surface area contributed by atoms with E-state index in [0.29, 0.717) is 23.0 Å². The van der Waals surface area contributed by atoms with Crippen molar-refractivity contribution in [3.63, 3.8) is 0 Å². The van der Waals surface area contributed by atoms with Crippen molar-refractivity contribution in [1.29, 1.82) is 0 Å². The van der Waals surface area contributed by atoms with Crippen molar-refractivity contribution in [1.82, 2.24) is 9.80 Å². The summed E-state index contributed by atoms with van der Waals surface area (Å²) in [6, 6.07) is 6.18. The SMILES string of the molecule is CC1=C(c2ccc(F)cc2)S(=O)(=O)N=C1N1CCC(N2CCCCC2)CC1. The molecular weight excluding hydrogens is 365 g/mol. The van der Waals surface area contributed by atoms with Gasteiger partial charge in [0.25, 0.3) is 10.0 Å². The fourth-order valence-corrected chi connectivity index (χ4v) is 5.99. The van der Waals surface area contributed by atoms with Gasteiger partial charge in [0.2, 0.25) is 0 Å². The first-order chi connectivity index (χ1) is 13.0. The zero-order valence-corrected chi connectivity index (χ0v) is 16.5. The molecule has 2 fully saturated rings. The summed E-state index contributed by atoms with van der Waals surface area (Å²) in [6.07, 6.45) is 5.98. The van der Waals surface area contributed by atoms with Gasteiger partial charge < -0.3 is 9.80 Å². The fraction of sp³-hybridized carbons (Fsp3) is 0.550. The molecule has 0 spiro atoms. The Hall–Kier alpha value is -1.73. The average molecular weight is 392 g/mol. The maximum absolute atomic E-state index is 13.2. The van der Waals surface area contributed by atoms with Crippen LogP contribution in [0.3, 0.4) is 0 Å². The van der Waals surface area contributed by atoms with Gasteiger partial charge in [-0.15, -0.1) is 4.40 Å². The molecule has 146 valence electrons. The minimum absolute atomic E-state index is 0.204. The molecule has 0 bridgehead atoms. The topological polar surface area (TPSA) is 53.0 Å². The summed E-state index contributed by atoms with van der Waals surface area (Å²) in [7, 11) is -3.74. The van der Waals surface area contributed by atoms with Crippen LogP contribution in [0.5, 0.6) is 0 Å². The zero-order valence-electron chi connectivity index (χ0n) is 15.7. The van der Waals surface area contributed by atoms with E-state index in [4.69, 9.17) is 0 Å². The molecule has 2 saturated heterocycles. The van der Waals surface area contributed by atoms with Gasteiger partial charge in [0.1, 0.15) is 16.6 Å². The second-order valence-corrected chi connectivity index (χ2v) is 9.21. The van der Waals surface area contributed by atoms with Gasteiger partial charge in [0.05, 0.1) is 0 Å². The zero-order chi connectivity index (χ0) is 19.0. The van der Waals surface area contributed by atoms with Crippen molar-refractivity contribution in [2.24, 2.45) is 4.40 Å². The van der Waals surface area contributed by atoms with Crippen LogP contribution in [0.1, 0.15) is 44.6 Å². The van der Waals surface area contributed by atoms with Crippen LogP contribution in [0.2, 0.25) is 0 Å². The highest BCUT2D eigenvalue weighted by atomic mass is 32.2. The Labute approximate surface area is 160 Å². The maximum Gasteiger partial charge on any atom is 0.285 e. The Bertz CT molecular complexity index is 863. The second kappa shape index (κ2) is 7.36. The number of halogens is 1. The second-order valence-electron chi connectivity index (χ2n) is 7.67. The van der Waals surface area contributed by atoms with Crippen LogP contribution in [-0.4, -0.2) is 56.3 Å². The van der Waals surface area contributed by atoms with Crippen molar-refractivity contribution < 1.29 is 12.8 Å². The van der Waals surface area contributed by atoms with E-state index in [1.807, 2.05) is 0 Å². The molecule has 0 unspecified atom stereocenters. The van der Waals surface area contributed by atoms with Crippen LogP contribution in [0.15, 0.2) is 34.2 Å². The molecule has 1 aromatic carbocycles. The molecule has 1 aromatic rings. The molecule has 0 aliphatic carbocycles. The largest absolute Gasteiger partial charge is 0.356 e. The first-order valence-corrected chi connectivity index (χ1v) is 11.2. The third-order valence-corrected chi connectivity index (χ3v) is 7.39. The van der Waals surface area contributed by atoms with Crippen LogP contribution in [0.4, 0.5) is 4.39 Å². The third-order valence-electron chi connectivity index (χ3n) is 5.92. The highest BCUT2D eigenvalue weighted by Crippen LogP contribution is 2.34. The quantitative estimate of drug-likeness (QED) is 0.777. The number of piperidine rings is 2. The highest BCUT2D eigenvalue weighted by molar-refractivity contribution is 8.00. The molecule has 0 radical (unpaired) electrons. The Morgan fingerprint density at radius 2 is 1.63 bits per heavy atom. The molecule has 4 rings (SSSR count). The lowest BCUT2D eigenvalue weighted by Gasteiger charge is -2.40. The predicted octanol–water partition coefficient (Wildman–Crippen LogP) is 3.25. The predicted molar refractivity (Wildman–Crippen MR) is 105 cm³/mol. The van der Waals surface area contributed by atoms with Crippen molar-refractivity contribution in [2.75, 3.05) is 26.2 Å². The average Bonchev–Trinajstić information content (AvgIpc) is 2.92. The number of sulfonamides is 1. The van der Waals surface area contributed by atoms with Gasteiger partial charge in [-0.1, -0.05) is 18.6 Å². The smallest absolute Gasteiger partial charge is 0.285 e. The highest BCUT2D eigenvalue weighted by Gasteiger charge is 2.35. The minimum Gasteiger partial charge on any atom is -0.356 e. The van der Waals surface area contributed by atoms with Gasteiger partial charge in [-0.25, -0.2) is 4.39 Å². The van der Waals surface area contributed by atoms with Gasteiger partial charge in [-0.2, -0.15) is 8.42 Å². The van der Waals surface area contributed by atoms with Crippen LogP contribution in [-0.2, 0) is 10.0 Å². The summed E-state index contributed by atoms with van der Waals surface area (Å²) in [5, 5.41) is 0. The van der Waals surface area contributed by atoms with Crippen molar-refractivity contribution in [3.8, 4) is 0 Å². The summed E-state index contributed by atoms with van der Waals surface area (Å²) in [5.74, 6) is 0.180. The molecule has 0 atom stereocenters. The lowest BCUT2D eigenvalue weighted by Crippen LogP contribution is -2.48. The van der Waals surface area contributed by atoms with E-state index >= 15 is 0 Å². The Morgan fingerprint density at radius 3 is 2.26 bits per heavy atom. The number of hydrogen-bond acceptors (Lipinski definition) is 4. The molecule has 0 amide bonds. The third kappa shape index (κ3) is 3.67. The summed E-state index contributed by atoms with van der Waals surface area (Å²) in [4.78, 5) is 4.90. The molecule has 3 aliphatic rings. The van der Waals surface area contributed by atoms with Crippen LogP contribution in [0, 0.1) is 5.82 Å². The molecule has 3 heterocycles. The maximum atomic E-state index is 13.2. The first kappa shape index (κ1) is 18.6. The minimum atomic E-state index is -3.74. The molecule has 0 N–H and O–H groups in total. The van der Waals surface area contributed by atoms with Crippen molar-refractivity contribution >= 4 is 20.8 Å². The normalized spacial score (nSPS) is 24.4. The van der Waals surface area contributed by atoms with E-state index < -0.39 is 10.0 Å². The van der Waals surface area contributed by atoms with Gasteiger partial charge >= 0.3 is 0 Å². The summed E-state index contributed by atoms with van der Waals surface area (Å²) in [6.45, 7) is 5.83. The number of nitrogens with zero attached hydrogens (tertiary/aromatic N) is 3. The number of amidine groups is 1. The van der Waals surface area contributed by atoms with Gasteiger partial charge in [-0.05, 0) is 63.4 Å². The monoisotopic (exact) mass is 391 g/mol. The molecule has 0 aromatic heterocycles. The Balaban J connectivity index is 1.52. The number of rotatable bonds is 2.